The molecule has 0 radical (unpaired) electrons. The van der Waals surface area contributed by atoms with Crippen molar-refractivity contribution in [2.75, 3.05) is 0 Å². The van der Waals surface area contributed by atoms with Crippen LogP contribution in [0.25, 0.3) is 22.2 Å². The molecule has 3 N–H and O–H groups in total. The van der Waals surface area contributed by atoms with Gasteiger partial charge < -0.3 is 10.1 Å². The molecule has 1 aromatic carbocycles. The standard InChI is InChI=1S/C19H19F2N3O2S.C2HF3O2/c20-18(21)17-11-16-15(9-10-22-19(16)23-17)12-5-7-14(8-6-12)27(25,26)24-13-3-1-2-4-13;3-2(4,5)1(6)7/h5-11,13,18,24H,1-4H2,(H,22,23);(H,6,7). The fraction of sp³-hybridized carbons (Fsp3) is 0.333. The maximum Gasteiger partial charge on any atom is 0.490 e. The molecular formula is C21H20F5N3O4S. The summed E-state index contributed by atoms with van der Waals surface area (Å²) in [6, 6.07) is 9.57. The normalized spacial score (nSPS) is 14.9. The van der Waals surface area contributed by atoms with Crippen molar-refractivity contribution in [2.45, 2.75) is 49.2 Å². The van der Waals surface area contributed by atoms with E-state index >= 15 is 0 Å². The lowest BCUT2D eigenvalue weighted by molar-refractivity contribution is -0.192. The molecule has 0 atom stereocenters. The Morgan fingerprint density at radius 3 is 2.24 bits per heavy atom. The molecule has 2 heterocycles. The van der Waals surface area contributed by atoms with E-state index in [1.807, 2.05) is 0 Å². The molecule has 7 nitrogen and oxygen atoms in total. The summed E-state index contributed by atoms with van der Waals surface area (Å²) < 4.78 is 85.4. The third-order valence-electron chi connectivity index (χ3n) is 5.18. The number of alkyl halides is 5. The van der Waals surface area contributed by atoms with Gasteiger partial charge in [0.25, 0.3) is 6.43 Å². The lowest BCUT2D eigenvalue weighted by Crippen LogP contribution is -2.32. The topological polar surface area (TPSA) is 112 Å². The number of H-pyrrole nitrogens is 1. The van der Waals surface area contributed by atoms with E-state index in [1.54, 1.807) is 30.3 Å². The highest BCUT2D eigenvalue weighted by molar-refractivity contribution is 7.89. The van der Waals surface area contributed by atoms with Gasteiger partial charge in [-0.2, -0.15) is 13.2 Å². The fourth-order valence-electron chi connectivity index (χ4n) is 3.56. The monoisotopic (exact) mass is 505 g/mol. The molecule has 4 rings (SSSR count). The molecule has 1 saturated carbocycles. The summed E-state index contributed by atoms with van der Waals surface area (Å²) in [5.74, 6) is -2.76. The first-order chi connectivity index (χ1) is 15.9. The highest BCUT2D eigenvalue weighted by Crippen LogP contribution is 2.31. The molecule has 0 saturated heterocycles. The predicted octanol–water partition coefficient (Wildman–Crippen LogP) is 5.02. The van der Waals surface area contributed by atoms with Crippen LogP contribution in [0.15, 0.2) is 47.5 Å². The fourth-order valence-corrected chi connectivity index (χ4v) is 4.87. The first kappa shape index (κ1) is 25.6. The van der Waals surface area contributed by atoms with Crippen LogP contribution in [-0.4, -0.2) is 41.7 Å². The molecule has 184 valence electrons. The summed E-state index contributed by atoms with van der Waals surface area (Å²) >= 11 is 0. The summed E-state index contributed by atoms with van der Waals surface area (Å²) in [7, 11) is -3.56. The molecular weight excluding hydrogens is 485 g/mol. The zero-order valence-electron chi connectivity index (χ0n) is 17.4. The van der Waals surface area contributed by atoms with Gasteiger partial charge in [0.1, 0.15) is 5.65 Å². The Morgan fingerprint density at radius 2 is 1.71 bits per heavy atom. The number of sulfonamides is 1. The Balaban J connectivity index is 0.000000406. The number of pyridine rings is 1. The van der Waals surface area contributed by atoms with Gasteiger partial charge in [0.15, 0.2) is 0 Å². The van der Waals surface area contributed by atoms with Crippen LogP contribution in [0, 0.1) is 0 Å². The van der Waals surface area contributed by atoms with E-state index in [1.165, 1.54) is 12.3 Å². The number of halogens is 5. The largest absolute Gasteiger partial charge is 0.490 e. The summed E-state index contributed by atoms with van der Waals surface area (Å²) in [4.78, 5) is 15.8. The minimum absolute atomic E-state index is 0.00197. The molecule has 3 aromatic rings. The molecule has 0 unspecified atom stereocenters. The van der Waals surface area contributed by atoms with Crippen molar-refractivity contribution in [2.24, 2.45) is 0 Å². The van der Waals surface area contributed by atoms with Gasteiger partial charge in [0, 0.05) is 17.6 Å². The highest BCUT2D eigenvalue weighted by atomic mass is 32.2. The maximum atomic E-state index is 13.0. The van der Waals surface area contributed by atoms with Crippen molar-refractivity contribution in [3.05, 3.63) is 48.3 Å². The third-order valence-corrected chi connectivity index (χ3v) is 6.72. The van der Waals surface area contributed by atoms with Crippen molar-refractivity contribution >= 4 is 27.0 Å². The molecule has 2 aromatic heterocycles. The molecule has 0 spiro atoms. The SMILES string of the molecule is O=C(O)C(F)(F)F.O=S(=O)(NC1CCCC1)c1ccc(-c2ccnc3[nH]c(C(F)F)cc23)cc1. The van der Waals surface area contributed by atoms with Crippen LogP contribution >= 0.6 is 0 Å². The van der Waals surface area contributed by atoms with Crippen molar-refractivity contribution in [1.82, 2.24) is 14.7 Å². The van der Waals surface area contributed by atoms with Gasteiger partial charge >= 0.3 is 12.1 Å². The number of rotatable bonds is 5. The maximum absolute atomic E-state index is 13.0. The number of nitrogens with one attached hydrogen (secondary N) is 2. The number of benzene rings is 1. The third kappa shape index (κ3) is 6.08. The van der Waals surface area contributed by atoms with Gasteiger partial charge in [-0.3, -0.25) is 0 Å². The summed E-state index contributed by atoms with van der Waals surface area (Å²) in [5, 5.41) is 7.70. The van der Waals surface area contributed by atoms with Gasteiger partial charge in [-0.1, -0.05) is 25.0 Å². The lowest BCUT2D eigenvalue weighted by Gasteiger charge is -2.13. The van der Waals surface area contributed by atoms with E-state index in [0.29, 0.717) is 11.0 Å². The van der Waals surface area contributed by atoms with Gasteiger partial charge in [-0.05, 0) is 48.2 Å². The number of fused-ring (bicyclic) bond motifs is 1. The smallest absolute Gasteiger partial charge is 0.475 e. The van der Waals surface area contributed by atoms with E-state index < -0.39 is 28.6 Å². The minimum Gasteiger partial charge on any atom is -0.475 e. The number of hydrogen-bond donors (Lipinski definition) is 3. The molecule has 0 amide bonds. The Labute approximate surface area is 191 Å². The Bertz CT molecular complexity index is 1250. The predicted molar refractivity (Wildman–Crippen MR) is 113 cm³/mol. The number of carbonyl (C=O) groups is 1. The van der Waals surface area contributed by atoms with Crippen molar-refractivity contribution in [1.29, 1.82) is 0 Å². The van der Waals surface area contributed by atoms with Crippen molar-refractivity contribution < 1.29 is 40.3 Å². The summed E-state index contributed by atoms with van der Waals surface area (Å²) in [6.07, 6.45) is -2.34. The van der Waals surface area contributed by atoms with Crippen LogP contribution in [0.2, 0.25) is 0 Å². The molecule has 1 aliphatic carbocycles. The zero-order valence-corrected chi connectivity index (χ0v) is 18.3. The first-order valence-electron chi connectivity index (χ1n) is 10.1. The second kappa shape index (κ2) is 10.1. The molecule has 13 heteroatoms. The molecule has 34 heavy (non-hydrogen) atoms. The van der Waals surface area contributed by atoms with E-state index in [-0.39, 0.29) is 16.6 Å². The van der Waals surface area contributed by atoms with E-state index in [9.17, 15) is 30.4 Å². The van der Waals surface area contributed by atoms with E-state index in [4.69, 9.17) is 9.90 Å². The number of aliphatic carboxylic acids is 1. The Kier molecular flexibility index (Phi) is 7.56. The number of nitrogens with zero attached hydrogens (tertiary/aromatic N) is 1. The summed E-state index contributed by atoms with van der Waals surface area (Å²) in [5.41, 5.74) is 1.64. The highest BCUT2D eigenvalue weighted by Gasteiger charge is 2.38. The molecule has 1 fully saturated rings. The van der Waals surface area contributed by atoms with E-state index in [2.05, 4.69) is 14.7 Å². The van der Waals surface area contributed by atoms with E-state index in [0.717, 1.165) is 36.8 Å². The average Bonchev–Trinajstić information content (AvgIpc) is 3.42. The molecule has 0 aliphatic heterocycles. The van der Waals surface area contributed by atoms with Crippen LogP contribution in [0.5, 0.6) is 0 Å². The number of aromatic amines is 1. The molecule has 1 aliphatic rings. The number of carboxylic acid groups (broad SMARTS) is 1. The van der Waals surface area contributed by atoms with Gasteiger partial charge in [0.05, 0.1) is 10.6 Å². The van der Waals surface area contributed by atoms with Crippen molar-refractivity contribution in [3.63, 3.8) is 0 Å². The van der Waals surface area contributed by atoms with Gasteiger partial charge in [-0.15, -0.1) is 0 Å². The van der Waals surface area contributed by atoms with Gasteiger partial charge in [-0.25, -0.2) is 31.7 Å². The van der Waals surface area contributed by atoms with Crippen LogP contribution in [0.3, 0.4) is 0 Å². The second-order valence-corrected chi connectivity index (χ2v) is 9.29. The van der Waals surface area contributed by atoms with Gasteiger partial charge in [0.2, 0.25) is 10.0 Å². The van der Waals surface area contributed by atoms with Crippen LogP contribution in [0.4, 0.5) is 22.0 Å². The zero-order chi connectivity index (χ0) is 25.1. The van der Waals surface area contributed by atoms with Crippen LogP contribution in [-0.2, 0) is 14.8 Å². The quantitative estimate of drug-likeness (QED) is 0.422. The Hall–Kier alpha value is -3.06. The first-order valence-corrected chi connectivity index (χ1v) is 11.6. The van der Waals surface area contributed by atoms with Crippen molar-refractivity contribution in [3.8, 4) is 11.1 Å². The van der Waals surface area contributed by atoms with Crippen LogP contribution < -0.4 is 4.72 Å². The number of aromatic nitrogens is 2. The Morgan fingerprint density at radius 1 is 1.12 bits per heavy atom. The van der Waals surface area contributed by atoms with Crippen LogP contribution in [0.1, 0.15) is 37.8 Å². The number of hydrogen-bond acceptors (Lipinski definition) is 4. The molecule has 0 bridgehead atoms. The lowest BCUT2D eigenvalue weighted by atomic mass is 10.0. The second-order valence-electron chi connectivity index (χ2n) is 7.58. The average molecular weight is 505 g/mol. The number of carboxylic acids is 1. The summed E-state index contributed by atoms with van der Waals surface area (Å²) in [6.45, 7) is 0. The minimum atomic E-state index is -5.08.